The highest BCUT2D eigenvalue weighted by atomic mass is 35.5. The number of hydrogen-bond donors (Lipinski definition) is 2. The Morgan fingerprint density at radius 3 is 2.35 bits per heavy atom. The molecule has 0 fully saturated rings. The van der Waals surface area contributed by atoms with Gasteiger partial charge in [-0.2, -0.15) is 0 Å². The van der Waals surface area contributed by atoms with Gasteiger partial charge in [0.1, 0.15) is 0 Å². The van der Waals surface area contributed by atoms with E-state index in [0.29, 0.717) is 6.54 Å². The number of aliphatic hydroxyl groups is 1. The number of benzene rings is 3. The van der Waals surface area contributed by atoms with Crippen molar-refractivity contribution in [2.45, 2.75) is 19.4 Å². The first-order valence-corrected chi connectivity index (χ1v) is 9.31. The molecule has 0 amide bonds. The van der Waals surface area contributed by atoms with Crippen molar-refractivity contribution < 1.29 is 5.11 Å². The van der Waals surface area contributed by atoms with Crippen LogP contribution in [0.5, 0.6) is 0 Å². The Labute approximate surface area is 160 Å². The van der Waals surface area contributed by atoms with Crippen LogP contribution in [0.1, 0.15) is 22.8 Å². The lowest BCUT2D eigenvalue weighted by molar-refractivity contribution is 0.175. The average Bonchev–Trinajstić information content (AvgIpc) is 2.67. The largest absolute Gasteiger partial charge is 0.387 e. The van der Waals surface area contributed by atoms with Gasteiger partial charge in [-0.3, -0.25) is 0 Å². The third-order valence-electron chi connectivity index (χ3n) is 4.58. The molecule has 0 bridgehead atoms. The third kappa shape index (κ3) is 4.73. The van der Waals surface area contributed by atoms with E-state index in [4.69, 9.17) is 11.6 Å². The predicted molar refractivity (Wildman–Crippen MR) is 110 cm³/mol. The molecule has 0 heterocycles. The highest BCUT2D eigenvalue weighted by Gasteiger charge is 2.07. The van der Waals surface area contributed by atoms with Crippen LogP contribution < -0.4 is 5.32 Å². The molecule has 1 unspecified atom stereocenters. The van der Waals surface area contributed by atoms with Gasteiger partial charge < -0.3 is 10.4 Å². The predicted octanol–water partition coefficient (Wildman–Crippen LogP) is 5.18. The van der Waals surface area contributed by atoms with Gasteiger partial charge in [-0.15, -0.1) is 0 Å². The zero-order chi connectivity index (χ0) is 18.4. The van der Waals surface area contributed by atoms with E-state index in [0.717, 1.165) is 34.7 Å². The Morgan fingerprint density at radius 2 is 1.65 bits per heavy atom. The molecule has 3 aromatic carbocycles. The van der Waals surface area contributed by atoms with Gasteiger partial charge in [0.2, 0.25) is 0 Å². The molecule has 3 aromatic rings. The van der Waals surface area contributed by atoms with Crippen LogP contribution in [0.3, 0.4) is 0 Å². The minimum absolute atomic E-state index is 0.471. The molecule has 0 aliphatic rings. The first-order valence-electron chi connectivity index (χ1n) is 8.93. The molecule has 0 saturated heterocycles. The maximum Gasteiger partial charge on any atom is 0.0914 e. The zero-order valence-electron chi connectivity index (χ0n) is 15.0. The molecule has 2 nitrogen and oxygen atoms in total. The van der Waals surface area contributed by atoms with Crippen LogP contribution in [-0.2, 0) is 6.42 Å². The number of aryl methyl sites for hydroxylation is 1. The van der Waals surface area contributed by atoms with Gasteiger partial charge in [0.15, 0.2) is 0 Å². The summed E-state index contributed by atoms with van der Waals surface area (Å²) in [6, 6.07) is 24.3. The smallest absolute Gasteiger partial charge is 0.0914 e. The molecule has 2 N–H and O–H groups in total. The molecular weight excluding hydrogens is 342 g/mol. The van der Waals surface area contributed by atoms with Gasteiger partial charge in [-0.1, -0.05) is 78.3 Å². The van der Waals surface area contributed by atoms with E-state index >= 15 is 0 Å². The molecule has 3 rings (SSSR count). The monoisotopic (exact) mass is 365 g/mol. The maximum atomic E-state index is 10.2. The van der Waals surface area contributed by atoms with E-state index in [1.54, 1.807) is 0 Å². The summed E-state index contributed by atoms with van der Waals surface area (Å²) >= 11 is 6.35. The van der Waals surface area contributed by atoms with Crippen molar-refractivity contribution in [3.05, 3.63) is 94.5 Å². The standard InChI is InChI=1S/C23H24ClNO/c1-17-6-5-9-21(24)23(17)20-12-10-18(11-13-20)14-15-25-16-22(26)19-7-3-2-4-8-19/h2-13,22,25-26H,14-16H2,1H3. The second-order valence-electron chi connectivity index (χ2n) is 6.51. The number of halogens is 1. The second-order valence-corrected chi connectivity index (χ2v) is 6.92. The van der Waals surface area contributed by atoms with Crippen molar-refractivity contribution in [3.63, 3.8) is 0 Å². The van der Waals surface area contributed by atoms with Crippen molar-refractivity contribution in [2.24, 2.45) is 0 Å². The number of nitrogens with one attached hydrogen (secondary N) is 1. The normalized spacial score (nSPS) is 12.1. The highest BCUT2D eigenvalue weighted by Crippen LogP contribution is 2.31. The third-order valence-corrected chi connectivity index (χ3v) is 4.89. The first kappa shape index (κ1) is 18.7. The van der Waals surface area contributed by atoms with E-state index in [1.165, 1.54) is 11.1 Å². The van der Waals surface area contributed by atoms with Crippen LogP contribution in [0.25, 0.3) is 11.1 Å². The minimum atomic E-state index is -0.471. The van der Waals surface area contributed by atoms with Gasteiger partial charge in [0.05, 0.1) is 6.10 Å². The molecule has 3 heteroatoms. The molecule has 0 aliphatic carbocycles. The van der Waals surface area contributed by atoms with Crippen LogP contribution in [0.15, 0.2) is 72.8 Å². The topological polar surface area (TPSA) is 32.3 Å². The van der Waals surface area contributed by atoms with Crippen molar-refractivity contribution >= 4 is 11.6 Å². The SMILES string of the molecule is Cc1cccc(Cl)c1-c1ccc(CCNCC(O)c2ccccc2)cc1. The summed E-state index contributed by atoms with van der Waals surface area (Å²) in [5, 5.41) is 14.3. The quantitative estimate of drug-likeness (QED) is 0.565. The molecule has 0 aromatic heterocycles. The van der Waals surface area contributed by atoms with E-state index in [9.17, 15) is 5.11 Å². The van der Waals surface area contributed by atoms with Crippen molar-refractivity contribution in [3.8, 4) is 11.1 Å². The summed E-state index contributed by atoms with van der Waals surface area (Å²) in [5.41, 5.74) is 5.63. The molecule has 26 heavy (non-hydrogen) atoms. The highest BCUT2D eigenvalue weighted by molar-refractivity contribution is 6.33. The summed E-state index contributed by atoms with van der Waals surface area (Å²) in [7, 11) is 0. The molecule has 0 saturated carbocycles. The van der Waals surface area contributed by atoms with Crippen LogP contribution in [0.2, 0.25) is 5.02 Å². The fourth-order valence-corrected chi connectivity index (χ4v) is 3.43. The fraction of sp³-hybridized carbons (Fsp3) is 0.217. The van der Waals surface area contributed by atoms with Crippen LogP contribution in [-0.4, -0.2) is 18.2 Å². The second kappa shape index (κ2) is 9.00. The summed E-state index contributed by atoms with van der Waals surface area (Å²) in [4.78, 5) is 0. The summed E-state index contributed by atoms with van der Waals surface area (Å²) in [6.07, 6.45) is 0.449. The molecular formula is C23H24ClNO. The van der Waals surface area contributed by atoms with Crippen molar-refractivity contribution in [1.29, 1.82) is 0 Å². The molecule has 0 aliphatic heterocycles. The zero-order valence-corrected chi connectivity index (χ0v) is 15.7. The van der Waals surface area contributed by atoms with Gasteiger partial charge in [0.25, 0.3) is 0 Å². The van der Waals surface area contributed by atoms with Crippen LogP contribution in [0, 0.1) is 6.92 Å². The minimum Gasteiger partial charge on any atom is -0.387 e. The van der Waals surface area contributed by atoms with Crippen LogP contribution in [0.4, 0.5) is 0 Å². The van der Waals surface area contributed by atoms with E-state index in [1.807, 2.05) is 42.5 Å². The number of hydrogen-bond acceptors (Lipinski definition) is 2. The molecule has 0 spiro atoms. The van der Waals surface area contributed by atoms with E-state index < -0.39 is 6.10 Å². The van der Waals surface area contributed by atoms with E-state index in [2.05, 4.69) is 42.6 Å². The Hall–Kier alpha value is -2.13. The molecule has 0 radical (unpaired) electrons. The lowest BCUT2D eigenvalue weighted by atomic mass is 9.99. The molecule has 134 valence electrons. The lowest BCUT2D eigenvalue weighted by Crippen LogP contribution is -2.23. The maximum absolute atomic E-state index is 10.2. The first-order chi connectivity index (χ1) is 12.6. The van der Waals surface area contributed by atoms with Gasteiger partial charge in [-0.25, -0.2) is 0 Å². The van der Waals surface area contributed by atoms with Crippen LogP contribution >= 0.6 is 11.6 Å². The van der Waals surface area contributed by atoms with Crippen molar-refractivity contribution in [1.82, 2.24) is 5.32 Å². The number of rotatable bonds is 7. The van der Waals surface area contributed by atoms with E-state index in [-0.39, 0.29) is 0 Å². The Balaban J connectivity index is 1.52. The fourth-order valence-electron chi connectivity index (χ4n) is 3.10. The Bertz CT molecular complexity index is 810. The average molecular weight is 366 g/mol. The Kier molecular flexibility index (Phi) is 6.45. The number of aliphatic hydroxyl groups excluding tert-OH is 1. The summed E-state index contributed by atoms with van der Waals surface area (Å²) < 4.78 is 0. The lowest BCUT2D eigenvalue weighted by Gasteiger charge is -2.12. The van der Waals surface area contributed by atoms with Gasteiger partial charge in [-0.05, 0) is 48.2 Å². The summed E-state index contributed by atoms with van der Waals surface area (Å²) in [6.45, 7) is 3.46. The summed E-state index contributed by atoms with van der Waals surface area (Å²) in [5.74, 6) is 0. The Morgan fingerprint density at radius 1 is 0.923 bits per heavy atom. The molecule has 1 atom stereocenters. The van der Waals surface area contributed by atoms with Gasteiger partial charge >= 0.3 is 0 Å². The van der Waals surface area contributed by atoms with Crippen molar-refractivity contribution in [2.75, 3.05) is 13.1 Å². The van der Waals surface area contributed by atoms with Gasteiger partial charge in [0, 0.05) is 17.1 Å².